The second-order valence-corrected chi connectivity index (χ2v) is 6.96. The second kappa shape index (κ2) is 8.26. The van der Waals surface area contributed by atoms with E-state index in [-0.39, 0.29) is 5.91 Å². The van der Waals surface area contributed by atoms with Crippen molar-refractivity contribution in [3.8, 4) is 27.8 Å². The molecule has 146 valence electrons. The molecule has 2 heterocycles. The number of aryl methyl sites for hydroxylation is 2. The Balaban J connectivity index is 1.95. The van der Waals surface area contributed by atoms with Gasteiger partial charge in [-0.2, -0.15) is 0 Å². The first-order valence-electron chi connectivity index (χ1n) is 8.49. The number of carbonyl (C=O) groups excluding carboxylic acids is 1. The van der Waals surface area contributed by atoms with Crippen LogP contribution in [0.3, 0.4) is 0 Å². The van der Waals surface area contributed by atoms with E-state index in [1.165, 1.54) is 11.3 Å². The largest absolute Gasteiger partial charge is 0.493 e. The molecule has 0 saturated carbocycles. The molecule has 3 aromatic rings. The van der Waals surface area contributed by atoms with Gasteiger partial charge >= 0.3 is 0 Å². The standard InChI is InChI=1S/C20H21N3O4S/c1-11-7-6-8-16(21-11)23-19(24)18-12(2)22-20(28-18)13-9-14(25-3)17(27-5)15(10-13)26-4/h6-10H,1-5H3,(H,21,23,24). The number of nitrogens with one attached hydrogen (secondary N) is 1. The zero-order valence-corrected chi connectivity index (χ0v) is 17.1. The number of hydrogen-bond donors (Lipinski definition) is 1. The van der Waals surface area contributed by atoms with Gasteiger partial charge < -0.3 is 19.5 Å². The van der Waals surface area contributed by atoms with Crippen LogP contribution in [0.5, 0.6) is 17.2 Å². The summed E-state index contributed by atoms with van der Waals surface area (Å²) in [6.07, 6.45) is 0. The van der Waals surface area contributed by atoms with Gasteiger partial charge in [-0.3, -0.25) is 4.79 Å². The Labute approximate surface area is 167 Å². The number of hydrogen-bond acceptors (Lipinski definition) is 7. The molecule has 0 bridgehead atoms. The smallest absolute Gasteiger partial charge is 0.268 e. The van der Waals surface area contributed by atoms with Crippen LogP contribution in [0.4, 0.5) is 5.82 Å². The summed E-state index contributed by atoms with van der Waals surface area (Å²) < 4.78 is 16.2. The topological polar surface area (TPSA) is 82.6 Å². The number of benzene rings is 1. The van der Waals surface area contributed by atoms with Gasteiger partial charge in [0.05, 0.1) is 27.0 Å². The molecule has 0 aliphatic carbocycles. The summed E-state index contributed by atoms with van der Waals surface area (Å²) >= 11 is 1.29. The van der Waals surface area contributed by atoms with Crippen molar-refractivity contribution in [2.45, 2.75) is 13.8 Å². The van der Waals surface area contributed by atoms with E-state index >= 15 is 0 Å². The molecule has 1 amide bonds. The predicted octanol–water partition coefficient (Wildman–Crippen LogP) is 4.10. The highest BCUT2D eigenvalue weighted by molar-refractivity contribution is 7.17. The Morgan fingerprint density at radius 3 is 2.25 bits per heavy atom. The normalized spacial score (nSPS) is 10.5. The average molecular weight is 399 g/mol. The summed E-state index contributed by atoms with van der Waals surface area (Å²) in [4.78, 5) is 22.1. The van der Waals surface area contributed by atoms with Crippen molar-refractivity contribution in [2.24, 2.45) is 0 Å². The maximum atomic E-state index is 12.7. The molecule has 2 aromatic heterocycles. The average Bonchev–Trinajstić information content (AvgIpc) is 3.08. The Kier molecular flexibility index (Phi) is 5.79. The minimum atomic E-state index is -0.244. The third kappa shape index (κ3) is 3.91. The van der Waals surface area contributed by atoms with Gasteiger partial charge in [-0.05, 0) is 38.1 Å². The first kappa shape index (κ1) is 19.6. The number of ether oxygens (including phenoxy) is 3. The summed E-state index contributed by atoms with van der Waals surface area (Å²) in [5, 5.41) is 3.50. The molecule has 0 radical (unpaired) electrons. The van der Waals surface area contributed by atoms with Crippen molar-refractivity contribution < 1.29 is 19.0 Å². The van der Waals surface area contributed by atoms with E-state index in [1.807, 2.05) is 31.2 Å². The Hall–Kier alpha value is -3.13. The fraction of sp³-hybridized carbons (Fsp3) is 0.250. The van der Waals surface area contributed by atoms with Crippen molar-refractivity contribution in [2.75, 3.05) is 26.6 Å². The van der Waals surface area contributed by atoms with E-state index in [1.54, 1.807) is 34.3 Å². The molecule has 0 spiro atoms. The quantitative estimate of drug-likeness (QED) is 0.672. The highest BCUT2D eigenvalue weighted by Crippen LogP contribution is 2.42. The Morgan fingerprint density at radius 2 is 1.68 bits per heavy atom. The van der Waals surface area contributed by atoms with Crippen LogP contribution < -0.4 is 19.5 Å². The number of pyridine rings is 1. The number of aromatic nitrogens is 2. The minimum Gasteiger partial charge on any atom is -0.493 e. The van der Waals surface area contributed by atoms with Crippen LogP contribution in [0.1, 0.15) is 21.1 Å². The van der Waals surface area contributed by atoms with Crippen LogP contribution in [0, 0.1) is 13.8 Å². The van der Waals surface area contributed by atoms with Crippen LogP contribution in [-0.4, -0.2) is 37.2 Å². The molecule has 0 saturated heterocycles. The van der Waals surface area contributed by atoms with Crippen molar-refractivity contribution in [3.05, 3.63) is 46.6 Å². The SMILES string of the molecule is COc1cc(-c2nc(C)c(C(=O)Nc3cccc(C)n3)s2)cc(OC)c1OC. The Morgan fingerprint density at radius 1 is 1.00 bits per heavy atom. The summed E-state index contributed by atoms with van der Waals surface area (Å²) in [6.45, 7) is 3.67. The van der Waals surface area contributed by atoms with Gasteiger partial charge in [0.1, 0.15) is 15.7 Å². The van der Waals surface area contributed by atoms with Crippen LogP contribution in [-0.2, 0) is 0 Å². The third-order valence-electron chi connectivity index (χ3n) is 4.04. The van der Waals surface area contributed by atoms with Crippen LogP contribution >= 0.6 is 11.3 Å². The van der Waals surface area contributed by atoms with Gasteiger partial charge in [0, 0.05) is 11.3 Å². The van der Waals surface area contributed by atoms with Crippen molar-refractivity contribution in [1.82, 2.24) is 9.97 Å². The fourth-order valence-electron chi connectivity index (χ4n) is 2.72. The van der Waals surface area contributed by atoms with Crippen molar-refractivity contribution >= 4 is 23.1 Å². The van der Waals surface area contributed by atoms with Gasteiger partial charge in [-0.25, -0.2) is 9.97 Å². The number of methoxy groups -OCH3 is 3. The summed E-state index contributed by atoms with van der Waals surface area (Å²) in [7, 11) is 4.67. The number of nitrogens with zero attached hydrogens (tertiary/aromatic N) is 2. The van der Waals surface area contributed by atoms with Crippen LogP contribution in [0.15, 0.2) is 30.3 Å². The molecular formula is C20H21N3O4S. The first-order valence-corrected chi connectivity index (χ1v) is 9.31. The number of anilines is 1. The lowest BCUT2D eigenvalue weighted by Gasteiger charge is -2.13. The highest BCUT2D eigenvalue weighted by atomic mass is 32.1. The lowest BCUT2D eigenvalue weighted by atomic mass is 10.2. The molecule has 0 aliphatic rings. The second-order valence-electron chi connectivity index (χ2n) is 5.97. The van der Waals surface area contributed by atoms with Gasteiger partial charge in [-0.1, -0.05) is 6.07 Å². The van der Waals surface area contributed by atoms with E-state index in [9.17, 15) is 4.79 Å². The maximum Gasteiger partial charge on any atom is 0.268 e. The zero-order chi connectivity index (χ0) is 20.3. The molecule has 8 heteroatoms. The Bertz CT molecular complexity index is 991. The molecule has 3 rings (SSSR count). The molecule has 0 aliphatic heterocycles. The molecular weight excluding hydrogens is 378 g/mol. The summed E-state index contributed by atoms with van der Waals surface area (Å²) in [5.74, 6) is 1.82. The monoisotopic (exact) mass is 399 g/mol. The fourth-order valence-corrected chi connectivity index (χ4v) is 3.67. The van der Waals surface area contributed by atoms with E-state index in [0.29, 0.717) is 38.6 Å². The minimum absolute atomic E-state index is 0.244. The molecule has 1 aromatic carbocycles. The van der Waals surface area contributed by atoms with E-state index in [0.717, 1.165) is 11.3 Å². The first-order chi connectivity index (χ1) is 13.5. The van der Waals surface area contributed by atoms with Crippen molar-refractivity contribution in [3.63, 3.8) is 0 Å². The van der Waals surface area contributed by atoms with Crippen LogP contribution in [0.25, 0.3) is 10.6 Å². The molecule has 0 unspecified atom stereocenters. The molecule has 0 fully saturated rings. The lowest BCUT2D eigenvalue weighted by molar-refractivity contribution is 0.102. The highest BCUT2D eigenvalue weighted by Gasteiger charge is 2.20. The third-order valence-corrected chi connectivity index (χ3v) is 5.25. The molecule has 7 nitrogen and oxygen atoms in total. The lowest BCUT2D eigenvalue weighted by Crippen LogP contribution is -2.12. The summed E-state index contributed by atoms with van der Waals surface area (Å²) in [6, 6.07) is 9.09. The van der Waals surface area contributed by atoms with Crippen LogP contribution in [0.2, 0.25) is 0 Å². The molecule has 1 N–H and O–H groups in total. The zero-order valence-electron chi connectivity index (χ0n) is 16.3. The summed E-state index contributed by atoms with van der Waals surface area (Å²) in [5.41, 5.74) is 2.24. The number of amides is 1. The van der Waals surface area contributed by atoms with Crippen molar-refractivity contribution in [1.29, 1.82) is 0 Å². The van der Waals surface area contributed by atoms with E-state index < -0.39 is 0 Å². The number of thiazole rings is 1. The van der Waals surface area contributed by atoms with Gasteiger partial charge in [0.15, 0.2) is 11.5 Å². The van der Waals surface area contributed by atoms with E-state index in [2.05, 4.69) is 15.3 Å². The maximum absolute atomic E-state index is 12.7. The molecule has 0 atom stereocenters. The van der Waals surface area contributed by atoms with E-state index in [4.69, 9.17) is 14.2 Å². The predicted molar refractivity (Wildman–Crippen MR) is 109 cm³/mol. The number of rotatable bonds is 6. The van der Waals surface area contributed by atoms with Gasteiger partial charge in [0.25, 0.3) is 5.91 Å². The number of carbonyl (C=O) groups is 1. The van der Waals surface area contributed by atoms with Gasteiger partial charge in [0.2, 0.25) is 5.75 Å². The molecule has 28 heavy (non-hydrogen) atoms. The van der Waals surface area contributed by atoms with Gasteiger partial charge in [-0.15, -0.1) is 11.3 Å².